The lowest BCUT2D eigenvalue weighted by atomic mass is 10.1. The number of halogens is 3. The van der Waals surface area contributed by atoms with Gasteiger partial charge in [-0.3, -0.25) is 4.79 Å². The zero-order valence-electron chi connectivity index (χ0n) is 6.85. The molecule has 0 amide bonds. The van der Waals surface area contributed by atoms with Crippen LogP contribution in [0.3, 0.4) is 0 Å². The quantitative estimate of drug-likeness (QED) is 0.749. The Balaban J connectivity index is 3.20. The molecular formula is C9H7Br2ClO. The molecule has 1 aromatic rings. The number of benzene rings is 1. The van der Waals surface area contributed by atoms with Crippen molar-refractivity contribution < 1.29 is 4.79 Å². The highest BCUT2D eigenvalue weighted by Crippen LogP contribution is 2.34. The molecule has 1 unspecified atom stereocenters. The van der Waals surface area contributed by atoms with Crippen LogP contribution in [0.2, 0.25) is 0 Å². The fourth-order valence-electron chi connectivity index (χ4n) is 0.956. The Morgan fingerprint density at radius 3 is 2.23 bits per heavy atom. The number of ketones is 1. The van der Waals surface area contributed by atoms with Gasteiger partial charge in [-0.1, -0.05) is 37.9 Å². The third kappa shape index (κ3) is 2.55. The maximum atomic E-state index is 11.1. The van der Waals surface area contributed by atoms with Gasteiger partial charge in [0, 0.05) is 14.5 Å². The fraction of sp³-hybridized carbons (Fsp3) is 0.222. The molecule has 1 rings (SSSR count). The number of hydrogen-bond acceptors (Lipinski definition) is 1. The zero-order valence-corrected chi connectivity index (χ0v) is 10.8. The topological polar surface area (TPSA) is 17.1 Å². The predicted octanol–water partition coefficient (Wildman–Crippen LogP) is 4.08. The SMILES string of the molecule is CC(=O)C(Cl)c1c(Br)cccc1Br. The van der Waals surface area contributed by atoms with Gasteiger partial charge in [0.25, 0.3) is 0 Å². The van der Waals surface area contributed by atoms with Crippen molar-refractivity contribution in [3.63, 3.8) is 0 Å². The largest absolute Gasteiger partial charge is 0.298 e. The molecule has 4 heteroatoms. The number of Topliss-reactive ketones (excluding diaryl/α,β-unsaturated/α-hetero) is 1. The number of carbonyl (C=O) groups is 1. The van der Waals surface area contributed by atoms with E-state index < -0.39 is 5.38 Å². The molecule has 0 heterocycles. The van der Waals surface area contributed by atoms with Crippen molar-refractivity contribution in [1.29, 1.82) is 0 Å². The van der Waals surface area contributed by atoms with Crippen molar-refractivity contribution >= 4 is 49.2 Å². The van der Waals surface area contributed by atoms with Crippen molar-refractivity contribution in [1.82, 2.24) is 0 Å². The minimum Gasteiger partial charge on any atom is -0.298 e. The second-order valence-electron chi connectivity index (χ2n) is 2.61. The van der Waals surface area contributed by atoms with Gasteiger partial charge in [0.15, 0.2) is 5.78 Å². The third-order valence-electron chi connectivity index (χ3n) is 1.61. The van der Waals surface area contributed by atoms with Crippen LogP contribution in [0.25, 0.3) is 0 Å². The molecule has 0 N–H and O–H groups in total. The first-order chi connectivity index (χ1) is 6.04. The lowest BCUT2D eigenvalue weighted by Gasteiger charge is -2.10. The molecule has 0 aromatic heterocycles. The lowest BCUT2D eigenvalue weighted by molar-refractivity contribution is -0.116. The Kier molecular flexibility index (Phi) is 3.95. The maximum Gasteiger partial charge on any atom is 0.152 e. The van der Waals surface area contributed by atoms with Crippen LogP contribution in [0.15, 0.2) is 27.1 Å². The van der Waals surface area contributed by atoms with E-state index in [1.165, 1.54) is 6.92 Å². The van der Waals surface area contributed by atoms with Gasteiger partial charge in [-0.2, -0.15) is 0 Å². The van der Waals surface area contributed by atoms with Gasteiger partial charge in [0.05, 0.1) is 0 Å². The summed E-state index contributed by atoms with van der Waals surface area (Å²) >= 11 is 12.6. The first-order valence-electron chi connectivity index (χ1n) is 3.62. The smallest absolute Gasteiger partial charge is 0.152 e. The molecule has 0 fully saturated rings. The van der Waals surface area contributed by atoms with Crippen LogP contribution < -0.4 is 0 Å². The van der Waals surface area contributed by atoms with Crippen LogP contribution >= 0.6 is 43.5 Å². The second-order valence-corrected chi connectivity index (χ2v) is 4.75. The van der Waals surface area contributed by atoms with Crippen LogP contribution in [0.5, 0.6) is 0 Å². The van der Waals surface area contributed by atoms with Crippen LogP contribution in [0.4, 0.5) is 0 Å². The van der Waals surface area contributed by atoms with E-state index in [-0.39, 0.29) is 5.78 Å². The summed E-state index contributed by atoms with van der Waals surface area (Å²) < 4.78 is 1.69. The molecular weight excluding hydrogens is 319 g/mol. The van der Waals surface area contributed by atoms with E-state index in [1.807, 2.05) is 18.2 Å². The number of carbonyl (C=O) groups excluding carboxylic acids is 1. The third-order valence-corrected chi connectivity index (χ3v) is 3.52. The Bertz CT molecular complexity index is 318. The molecule has 1 aromatic carbocycles. The minimum absolute atomic E-state index is 0.0609. The molecule has 1 nitrogen and oxygen atoms in total. The van der Waals surface area contributed by atoms with E-state index in [2.05, 4.69) is 31.9 Å². The van der Waals surface area contributed by atoms with Gasteiger partial charge >= 0.3 is 0 Å². The Morgan fingerprint density at radius 2 is 1.85 bits per heavy atom. The average molecular weight is 326 g/mol. The first kappa shape index (κ1) is 11.2. The predicted molar refractivity (Wildman–Crippen MR) is 61.1 cm³/mol. The second kappa shape index (κ2) is 4.58. The van der Waals surface area contributed by atoms with Gasteiger partial charge in [0.1, 0.15) is 5.38 Å². The van der Waals surface area contributed by atoms with Crippen molar-refractivity contribution in [2.45, 2.75) is 12.3 Å². The summed E-state index contributed by atoms with van der Waals surface area (Å²) in [6, 6.07) is 5.60. The summed E-state index contributed by atoms with van der Waals surface area (Å²) in [5.74, 6) is -0.0609. The molecule has 0 bridgehead atoms. The summed E-state index contributed by atoms with van der Waals surface area (Å²) in [7, 11) is 0. The number of alkyl halides is 1. The highest BCUT2D eigenvalue weighted by atomic mass is 79.9. The number of rotatable bonds is 2. The summed E-state index contributed by atoms with van der Waals surface area (Å²) in [6.07, 6.45) is 0. The Labute approximate surface area is 98.7 Å². The van der Waals surface area contributed by atoms with E-state index in [4.69, 9.17) is 11.6 Å². The van der Waals surface area contributed by atoms with Gasteiger partial charge in [-0.25, -0.2) is 0 Å². The van der Waals surface area contributed by atoms with Crippen molar-refractivity contribution in [3.8, 4) is 0 Å². The molecule has 13 heavy (non-hydrogen) atoms. The molecule has 0 saturated heterocycles. The van der Waals surface area contributed by atoms with Crippen LogP contribution in [-0.4, -0.2) is 5.78 Å². The summed E-state index contributed by atoms with van der Waals surface area (Å²) in [5, 5.41) is -0.593. The number of hydrogen-bond donors (Lipinski definition) is 0. The molecule has 1 atom stereocenters. The molecule has 0 saturated carbocycles. The van der Waals surface area contributed by atoms with Crippen LogP contribution in [0, 0.1) is 0 Å². The first-order valence-corrected chi connectivity index (χ1v) is 5.64. The van der Waals surface area contributed by atoms with E-state index in [0.29, 0.717) is 0 Å². The minimum atomic E-state index is -0.593. The van der Waals surface area contributed by atoms with Crippen molar-refractivity contribution in [3.05, 3.63) is 32.7 Å². The fourth-order valence-corrected chi connectivity index (χ4v) is 2.91. The van der Waals surface area contributed by atoms with Crippen molar-refractivity contribution in [2.24, 2.45) is 0 Å². The molecule has 70 valence electrons. The summed E-state index contributed by atoms with van der Waals surface area (Å²) in [5.41, 5.74) is 0.789. The molecule has 0 spiro atoms. The van der Waals surface area contributed by atoms with E-state index in [1.54, 1.807) is 0 Å². The average Bonchev–Trinajstić information content (AvgIpc) is 2.03. The van der Waals surface area contributed by atoms with Gasteiger partial charge < -0.3 is 0 Å². The molecule has 0 aliphatic heterocycles. The maximum absolute atomic E-state index is 11.1. The van der Waals surface area contributed by atoms with Gasteiger partial charge in [-0.05, 0) is 19.1 Å². The molecule has 0 aliphatic carbocycles. The van der Waals surface area contributed by atoms with E-state index in [9.17, 15) is 4.79 Å². The van der Waals surface area contributed by atoms with Crippen molar-refractivity contribution in [2.75, 3.05) is 0 Å². The highest BCUT2D eigenvalue weighted by Gasteiger charge is 2.18. The Morgan fingerprint density at radius 1 is 1.38 bits per heavy atom. The molecule has 0 aliphatic rings. The van der Waals surface area contributed by atoms with E-state index in [0.717, 1.165) is 14.5 Å². The summed E-state index contributed by atoms with van der Waals surface area (Å²) in [4.78, 5) is 11.1. The standard InChI is InChI=1S/C9H7Br2ClO/c1-5(13)9(12)8-6(10)3-2-4-7(8)11/h2-4,9H,1H3. The zero-order chi connectivity index (χ0) is 10.0. The summed E-state index contributed by atoms with van der Waals surface area (Å²) in [6.45, 7) is 1.48. The lowest BCUT2D eigenvalue weighted by Crippen LogP contribution is -2.03. The normalized spacial score (nSPS) is 12.6. The Hall–Kier alpha value is 0.140. The van der Waals surface area contributed by atoms with E-state index >= 15 is 0 Å². The highest BCUT2D eigenvalue weighted by molar-refractivity contribution is 9.11. The van der Waals surface area contributed by atoms with Crippen LogP contribution in [0.1, 0.15) is 17.9 Å². The van der Waals surface area contributed by atoms with Crippen LogP contribution in [-0.2, 0) is 4.79 Å². The molecule has 0 radical (unpaired) electrons. The van der Waals surface area contributed by atoms with Gasteiger partial charge in [-0.15, -0.1) is 11.6 Å². The van der Waals surface area contributed by atoms with Gasteiger partial charge in [0.2, 0.25) is 0 Å². The monoisotopic (exact) mass is 324 g/mol.